The third-order valence-corrected chi connectivity index (χ3v) is 9.13. The van der Waals surface area contributed by atoms with Crippen molar-refractivity contribution in [3.63, 3.8) is 0 Å². The van der Waals surface area contributed by atoms with Gasteiger partial charge in [-0.25, -0.2) is 0 Å². The van der Waals surface area contributed by atoms with Gasteiger partial charge in [-0.15, -0.1) is 0 Å². The molecule has 2 heterocycles. The Bertz CT molecular complexity index is 1910. The van der Waals surface area contributed by atoms with E-state index in [1.165, 1.54) is 27.4 Å². The average molecular weight is 706 g/mol. The van der Waals surface area contributed by atoms with Crippen LogP contribution in [0.15, 0.2) is 57.7 Å². The molecule has 0 radical (unpaired) electrons. The van der Waals surface area contributed by atoms with Crippen LogP contribution in [0, 0.1) is 0 Å². The van der Waals surface area contributed by atoms with E-state index in [1.807, 2.05) is 24.3 Å². The van der Waals surface area contributed by atoms with Gasteiger partial charge in [-0.05, 0) is 65.1 Å². The summed E-state index contributed by atoms with van der Waals surface area (Å²) in [4.78, 5) is 28.2. The highest BCUT2D eigenvalue weighted by molar-refractivity contribution is 5.71. The van der Waals surface area contributed by atoms with E-state index in [-0.39, 0.29) is 31.1 Å². The third-order valence-electron chi connectivity index (χ3n) is 9.13. The zero-order chi connectivity index (χ0) is 36.8. The van der Waals surface area contributed by atoms with Gasteiger partial charge < -0.3 is 47.8 Å². The second-order valence-corrected chi connectivity index (χ2v) is 11.8. The number of fused-ring (bicyclic) bond motifs is 1. The van der Waals surface area contributed by atoms with Crippen LogP contribution < -0.4 is 33.8 Å². The molecule has 13 nitrogen and oxygen atoms in total. The maximum absolute atomic E-state index is 13.4. The summed E-state index contributed by atoms with van der Waals surface area (Å²) in [5.74, 6) is 0.946. The van der Waals surface area contributed by atoms with Crippen LogP contribution in [0.5, 0.6) is 40.2 Å². The number of esters is 1. The predicted octanol–water partition coefficient (Wildman–Crippen LogP) is 4.73. The predicted molar refractivity (Wildman–Crippen MR) is 186 cm³/mol. The van der Waals surface area contributed by atoms with Gasteiger partial charge in [0.15, 0.2) is 28.8 Å². The standard InChI is InChI=1S/C38H43NO12/c1-44-29-9-8-21(12-24(29)20-40)27(18-34(42)49-6)37-36(43)28(41)16-25(51-37)19-39-11-10-22-13-30(45-2)31(46-3)17-26(22)35(39)23-14-32(47-4)38(50-7)33(15-23)48-5/h8-9,12-17,27,35,40,43H,10-11,18-20H2,1-7H3. The van der Waals surface area contributed by atoms with Gasteiger partial charge in [-0.3, -0.25) is 14.5 Å². The molecule has 0 spiro atoms. The number of hydrogen-bond donors (Lipinski definition) is 2. The number of benzene rings is 3. The molecule has 1 aliphatic rings. The van der Waals surface area contributed by atoms with Gasteiger partial charge in [0.05, 0.1) is 81.3 Å². The summed E-state index contributed by atoms with van der Waals surface area (Å²) in [7, 11) is 10.5. The molecule has 0 saturated heterocycles. The maximum Gasteiger partial charge on any atom is 0.306 e. The highest BCUT2D eigenvalue weighted by atomic mass is 16.5. The lowest BCUT2D eigenvalue weighted by Gasteiger charge is -2.38. The Hall–Kier alpha value is -5.40. The molecule has 0 amide bonds. The van der Waals surface area contributed by atoms with Crippen LogP contribution in [0.1, 0.15) is 57.7 Å². The fourth-order valence-electron chi connectivity index (χ4n) is 6.64. The number of methoxy groups -OCH3 is 7. The summed E-state index contributed by atoms with van der Waals surface area (Å²) in [6.45, 7) is 0.327. The van der Waals surface area contributed by atoms with Crippen LogP contribution in [0.25, 0.3) is 0 Å². The van der Waals surface area contributed by atoms with Crippen LogP contribution in [0.3, 0.4) is 0 Å². The molecule has 2 unspecified atom stereocenters. The smallest absolute Gasteiger partial charge is 0.306 e. The molecule has 13 heteroatoms. The van der Waals surface area contributed by atoms with Gasteiger partial charge in [-0.2, -0.15) is 0 Å². The monoisotopic (exact) mass is 705 g/mol. The number of rotatable bonds is 14. The topological polar surface area (TPSA) is 156 Å². The lowest BCUT2D eigenvalue weighted by molar-refractivity contribution is -0.140. The number of aliphatic hydroxyl groups excluding tert-OH is 1. The number of hydrogen-bond acceptors (Lipinski definition) is 13. The molecule has 0 aliphatic carbocycles. The lowest BCUT2D eigenvalue weighted by atomic mass is 9.87. The van der Waals surface area contributed by atoms with Crippen molar-refractivity contribution in [3.05, 3.63) is 98.1 Å². The van der Waals surface area contributed by atoms with Crippen LogP contribution in [-0.4, -0.2) is 77.4 Å². The van der Waals surface area contributed by atoms with E-state index in [1.54, 1.807) is 46.6 Å². The second kappa shape index (κ2) is 16.1. The minimum atomic E-state index is -0.925. The Kier molecular flexibility index (Phi) is 11.6. The van der Waals surface area contributed by atoms with Crippen molar-refractivity contribution in [2.45, 2.75) is 38.0 Å². The van der Waals surface area contributed by atoms with E-state index in [0.29, 0.717) is 58.6 Å². The third kappa shape index (κ3) is 7.40. The Morgan fingerprint density at radius 1 is 0.843 bits per heavy atom. The number of carbonyl (C=O) groups excluding carboxylic acids is 1. The van der Waals surface area contributed by atoms with Gasteiger partial charge in [0.1, 0.15) is 11.5 Å². The molecule has 1 aromatic heterocycles. The first-order valence-corrected chi connectivity index (χ1v) is 16.1. The van der Waals surface area contributed by atoms with Gasteiger partial charge >= 0.3 is 5.97 Å². The largest absolute Gasteiger partial charge is 0.502 e. The van der Waals surface area contributed by atoms with Crippen molar-refractivity contribution >= 4 is 5.97 Å². The van der Waals surface area contributed by atoms with E-state index in [9.17, 15) is 19.8 Å². The van der Waals surface area contributed by atoms with Crippen molar-refractivity contribution in [1.29, 1.82) is 0 Å². The summed E-state index contributed by atoms with van der Waals surface area (Å²) in [6, 6.07) is 13.4. The van der Waals surface area contributed by atoms with E-state index in [2.05, 4.69) is 4.90 Å². The number of aromatic hydroxyl groups is 1. The summed E-state index contributed by atoms with van der Waals surface area (Å²) < 4.78 is 45.0. The molecule has 0 saturated carbocycles. The number of ether oxygens (including phenoxy) is 7. The summed E-state index contributed by atoms with van der Waals surface area (Å²) in [5.41, 5.74) is 3.04. The van der Waals surface area contributed by atoms with E-state index < -0.39 is 29.1 Å². The second-order valence-electron chi connectivity index (χ2n) is 11.8. The Balaban J connectivity index is 1.65. The van der Waals surface area contributed by atoms with E-state index in [4.69, 9.17) is 37.6 Å². The van der Waals surface area contributed by atoms with Crippen molar-refractivity contribution < 1.29 is 52.6 Å². The number of aliphatic hydroxyl groups is 1. The normalized spacial score (nSPS) is 14.6. The number of nitrogens with zero attached hydrogens (tertiary/aromatic N) is 1. The molecular formula is C38H43NO12. The number of carbonyl (C=O) groups is 1. The maximum atomic E-state index is 13.4. The summed E-state index contributed by atoms with van der Waals surface area (Å²) >= 11 is 0. The van der Waals surface area contributed by atoms with Crippen LogP contribution >= 0.6 is 0 Å². The molecule has 4 aromatic rings. The molecule has 0 fully saturated rings. The molecule has 5 rings (SSSR count). The molecule has 1 aliphatic heterocycles. The minimum absolute atomic E-state index is 0.106. The van der Waals surface area contributed by atoms with Gasteiger partial charge in [0.2, 0.25) is 16.9 Å². The molecule has 0 bridgehead atoms. The van der Waals surface area contributed by atoms with E-state index >= 15 is 0 Å². The molecule has 272 valence electrons. The van der Waals surface area contributed by atoms with Crippen LogP contribution in [0.4, 0.5) is 0 Å². The van der Waals surface area contributed by atoms with Crippen LogP contribution in [-0.2, 0) is 29.1 Å². The highest BCUT2D eigenvalue weighted by Gasteiger charge is 2.34. The molecular weight excluding hydrogens is 662 g/mol. The fraction of sp³-hybridized carbons (Fsp3) is 0.368. The zero-order valence-corrected chi connectivity index (χ0v) is 29.7. The van der Waals surface area contributed by atoms with Crippen molar-refractivity contribution in [3.8, 4) is 40.2 Å². The Labute approximate surface area is 295 Å². The zero-order valence-electron chi connectivity index (χ0n) is 29.7. The first-order valence-electron chi connectivity index (χ1n) is 16.1. The van der Waals surface area contributed by atoms with Gasteiger partial charge in [0.25, 0.3) is 0 Å². The first kappa shape index (κ1) is 36.9. The minimum Gasteiger partial charge on any atom is -0.502 e. The quantitative estimate of drug-likeness (QED) is 0.174. The van der Waals surface area contributed by atoms with Crippen molar-refractivity contribution in [1.82, 2.24) is 4.90 Å². The van der Waals surface area contributed by atoms with Gasteiger partial charge in [-0.1, -0.05) is 6.07 Å². The lowest BCUT2D eigenvalue weighted by Crippen LogP contribution is -2.36. The molecule has 3 aromatic carbocycles. The van der Waals surface area contributed by atoms with Gasteiger partial charge in [0, 0.05) is 18.2 Å². The average Bonchev–Trinajstić information content (AvgIpc) is 3.16. The van der Waals surface area contributed by atoms with E-state index in [0.717, 1.165) is 16.7 Å². The molecule has 2 atom stereocenters. The first-order chi connectivity index (χ1) is 24.6. The summed E-state index contributed by atoms with van der Waals surface area (Å²) in [5, 5.41) is 21.1. The van der Waals surface area contributed by atoms with Crippen molar-refractivity contribution in [2.75, 3.05) is 56.3 Å². The highest BCUT2D eigenvalue weighted by Crippen LogP contribution is 2.46. The summed E-state index contributed by atoms with van der Waals surface area (Å²) in [6.07, 6.45) is 0.382. The fourth-order valence-corrected chi connectivity index (χ4v) is 6.64. The van der Waals surface area contributed by atoms with Crippen molar-refractivity contribution in [2.24, 2.45) is 0 Å². The SMILES string of the molecule is COC(=O)CC(c1ccc(OC)c(CO)c1)c1oc(CN2CCc3cc(OC)c(OC)cc3C2c2cc(OC)c(OC)c(OC)c2)cc(=O)c1O. The molecule has 2 N–H and O–H groups in total. The Morgan fingerprint density at radius 2 is 1.49 bits per heavy atom. The molecule has 51 heavy (non-hydrogen) atoms. The van der Waals surface area contributed by atoms with Crippen LogP contribution in [0.2, 0.25) is 0 Å². The Morgan fingerprint density at radius 3 is 2.08 bits per heavy atom.